The number of halogens is 1. The molecule has 132 valence electrons. The minimum absolute atomic E-state index is 0.272. The predicted molar refractivity (Wildman–Crippen MR) is 101 cm³/mol. The Kier molecular flexibility index (Phi) is 6.00. The lowest BCUT2D eigenvalue weighted by atomic mass is 10.2. The molecule has 0 N–H and O–H groups in total. The number of hydrogen-bond acceptors (Lipinski definition) is 8. The maximum absolute atomic E-state index is 12.3. The standard InChI is InChI=1S/C15H14ClN3O3S3/c1-21-10-3-4-11(13(5-10)22-2)15-17-9(6-23-15)7-25(20)8-12-14(16)24-19-18-12/h3-6H,7-8H2,1-2H3. The molecule has 2 heterocycles. The summed E-state index contributed by atoms with van der Waals surface area (Å²) in [4.78, 5) is 4.57. The zero-order valence-corrected chi connectivity index (χ0v) is 16.6. The van der Waals surface area contributed by atoms with Crippen molar-refractivity contribution in [3.8, 4) is 22.1 Å². The van der Waals surface area contributed by atoms with Crippen LogP contribution in [0.5, 0.6) is 11.5 Å². The van der Waals surface area contributed by atoms with Gasteiger partial charge in [0.25, 0.3) is 0 Å². The Morgan fingerprint density at radius 2 is 2.08 bits per heavy atom. The van der Waals surface area contributed by atoms with Crippen LogP contribution in [-0.4, -0.2) is 33.0 Å². The van der Waals surface area contributed by atoms with Crippen molar-refractivity contribution in [3.05, 3.63) is 39.3 Å². The van der Waals surface area contributed by atoms with Crippen LogP contribution in [0.3, 0.4) is 0 Å². The van der Waals surface area contributed by atoms with Gasteiger partial charge in [0, 0.05) is 33.8 Å². The third kappa shape index (κ3) is 4.35. The third-order valence-electron chi connectivity index (χ3n) is 3.31. The van der Waals surface area contributed by atoms with E-state index in [9.17, 15) is 4.21 Å². The number of benzene rings is 1. The Labute approximate surface area is 160 Å². The van der Waals surface area contributed by atoms with E-state index in [0.717, 1.165) is 27.8 Å². The largest absolute Gasteiger partial charge is 0.497 e. The molecule has 0 radical (unpaired) electrons. The molecule has 6 nitrogen and oxygen atoms in total. The van der Waals surface area contributed by atoms with Crippen LogP contribution in [0.4, 0.5) is 0 Å². The van der Waals surface area contributed by atoms with Crippen LogP contribution in [0.2, 0.25) is 4.34 Å². The van der Waals surface area contributed by atoms with Gasteiger partial charge in [0.2, 0.25) is 0 Å². The van der Waals surface area contributed by atoms with Gasteiger partial charge >= 0.3 is 0 Å². The molecule has 0 saturated heterocycles. The van der Waals surface area contributed by atoms with E-state index in [1.54, 1.807) is 14.2 Å². The van der Waals surface area contributed by atoms with Crippen molar-refractivity contribution in [3.63, 3.8) is 0 Å². The van der Waals surface area contributed by atoms with Crippen LogP contribution in [0.15, 0.2) is 23.6 Å². The van der Waals surface area contributed by atoms with Crippen LogP contribution < -0.4 is 9.47 Å². The van der Waals surface area contributed by atoms with E-state index >= 15 is 0 Å². The molecular weight excluding hydrogens is 402 g/mol. The molecule has 0 aliphatic heterocycles. The van der Waals surface area contributed by atoms with Crippen LogP contribution in [0, 0.1) is 0 Å². The van der Waals surface area contributed by atoms with Crippen LogP contribution in [0.25, 0.3) is 10.6 Å². The highest BCUT2D eigenvalue weighted by atomic mass is 35.5. The first-order valence-corrected chi connectivity index (χ1v) is 10.6. The minimum Gasteiger partial charge on any atom is -0.497 e. The summed E-state index contributed by atoms with van der Waals surface area (Å²) in [6.45, 7) is 0. The van der Waals surface area contributed by atoms with E-state index in [-0.39, 0.29) is 5.75 Å². The van der Waals surface area contributed by atoms with E-state index in [1.165, 1.54) is 11.3 Å². The molecule has 25 heavy (non-hydrogen) atoms. The van der Waals surface area contributed by atoms with Gasteiger partial charge in [-0.05, 0) is 12.1 Å². The Balaban J connectivity index is 1.74. The highest BCUT2D eigenvalue weighted by molar-refractivity contribution is 7.83. The van der Waals surface area contributed by atoms with Gasteiger partial charge in [-0.25, -0.2) is 4.98 Å². The van der Waals surface area contributed by atoms with Gasteiger partial charge in [0.1, 0.15) is 26.5 Å². The fourth-order valence-electron chi connectivity index (χ4n) is 2.12. The van der Waals surface area contributed by atoms with Gasteiger partial charge < -0.3 is 9.47 Å². The number of aromatic nitrogens is 3. The summed E-state index contributed by atoms with van der Waals surface area (Å²) < 4.78 is 27.1. The summed E-state index contributed by atoms with van der Waals surface area (Å²) >= 11 is 8.52. The molecule has 10 heteroatoms. The van der Waals surface area contributed by atoms with Gasteiger partial charge in [0.15, 0.2) is 0 Å². The quantitative estimate of drug-likeness (QED) is 0.584. The lowest BCUT2D eigenvalue weighted by Crippen LogP contribution is -2.01. The van der Waals surface area contributed by atoms with E-state index in [0.29, 0.717) is 27.3 Å². The smallest absolute Gasteiger partial charge is 0.138 e. The second kappa shape index (κ2) is 8.22. The van der Waals surface area contributed by atoms with Crippen molar-refractivity contribution in [2.24, 2.45) is 0 Å². The van der Waals surface area contributed by atoms with Gasteiger partial charge in [0.05, 0.1) is 37.0 Å². The molecule has 1 atom stereocenters. The van der Waals surface area contributed by atoms with Crippen LogP contribution in [0.1, 0.15) is 11.4 Å². The molecule has 2 aromatic heterocycles. The lowest BCUT2D eigenvalue weighted by molar-refractivity contribution is 0.395. The second-order valence-corrected chi connectivity index (χ2v) is 8.60. The van der Waals surface area contributed by atoms with Crippen LogP contribution in [-0.2, 0) is 22.3 Å². The number of rotatable bonds is 7. The number of nitrogens with zero attached hydrogens (tertiary/aromatic N) is 3. The third-order valence-corrected chi connectivity index (χ3v) is 6.43. The maximum atomic E-state index is 12.3. The summed E-state index contributed by atoms with van der Waals surface area (Å²) in [5.74, 6) is 2.01. The lowest BCUT2D eigenvalue weighted by Gasteiger charge is -2.08. The first-order valence-electron chi connectivity index (χ1n) is 7.09. The van der Waals surface area contributed by atoms with Gasteiger partial charge in [-0.2, -0.15) is 0 Å². The highest BCUT2D eigenvalue weighted by Crippen LogP contribution is 2.35. The summed E-state index contributed by atoms with van der Waals surface area (Å²) in [5.41, 5.74) is 2.20. The highest BCUT2D eigenvalue weighted by Gasteiger charge is 2.15. The normalized spacial score (nSPS) is 12.1. The fraction of sp³-hybridized carbons (Fsp3) is 0.267. The molecule has 3 rings (SSSR count). The molecule has 1 unspecified atom stereocenters. The first kappa shape index (κ1) is 18.2. The SMILES string of the molecule is COc1ccc(-c2nc(CS(=O)Cc3nnsc3Cl)cs2)c(OC)c1. The monoisotopic (exact) mass is 415 g/mol. The molecule has 3 aromatic rings. The summed E-state index contributed by atoms with van der Waals surface area (Å²) in [5, 5.41) is 6.59. The Bertz CT molecular complexity index is 897. The van der Waals surface area contributed by atoms with Gasteiger partial charge in [-0.15, -0.1) is 16.4 Å². The zero-order valence-electron chi connectivity index (χ0n) is 13.4. The topological polar surface area (TPSA) is 74.2 Å². The number of hydrogen-bond donors (Lipinski definition) is 0. The van der Waals surface area contributed by atoms with Crippen molar-refractivity contribution in [2.45, 2.75) is 11.5 Å². The fourth-order valence-corrected chi connectivity index (χ4v) is 4.96. The molecule has 0 aliphatic carbocycles. The van der Waals surface area contributed by atoms with Crippen molar-refractivity contribution >= 4 is 45.3 Å². The second-order valence-electron chi connectivity index (χ2n) is 4.93. The Morgan fingerprint density at radius 3 is 2.76 bits per heavy atom. The van der Waals surface area contributed by atoms with E-state index < -0.39 is 10.8 Å². The molecule has 0 aliphatic rings. The molecule has 0 bridgehead atoms. The van der Waals surface area contributed by atoms with Crippen molar-refractivity contribution in [1.82, 2.24) is 14.6 Å². The molecule has 0 saturated carbocycles. The summed E-state index contributed by atoms with van der Waals surface area (Å²) in [6.07, 6.45) is 0. The van der Waals surface area contributed by atoms with E-state index in [1.807, 2.05) is 23.6 Å². The Hall–Kier alpha value is -1.55. The molecule has 0 amide bonds. The maximum Gasteiger partial charge on any atom is 0.138 e. The van der Waals surface area contributed by atoms with Gasteiger partial charge in [-0.3, -0.25) is 4.21 Å². The number of ether oxygens (including phenoxy) is 2. The molecular formula is C15H14ClN3O3S3. The zero-order chi connectivity index (χ0) is 17.8. The molecule has 0 spiro atoms. The van der Waals surface area contributed by atoms with E-state index in [2.05, 4.69) is 14.6 Å². The van der Waals surface area contributed by atoms with Crippen molar-refractivity contribution < 1.29 is 13.7 Å². The Morgan fingerprint density at radius 1 is 1.24 bits per heavy atom. The van der Waals surface area contributed by atoms with Crippen LogP contribution >= 0.6 is 34.5 Å². The van der Waals surface area contributed by atoms with E-state index in [4.69, 9.17) is 21.1 Å². The first-order chi connectivity index (χ1) is 12.1. The van der Waals surface area contributed by atoms with Gasteiger partial charge in [-0.1, -0.05) is 16.1 Å². The number of methoxy groups -OCH3 is 2. The van der Waals surface area contributed by atoms with Crippen molar-refractivity contribution in [1.29, 1.82) is 0 Å². The minimum atomic E-state index is -1.15. The van der Waals surface area contributed by atoms with Crippen molar-refractivity contribution in [2.75, 3.05) is 14.2 Å². The number of thiazole rings is 1. The average Bonchev–Trinajstić information content (AvgIpc) is 3.23. The molecule has 1 aromatic carbocycles. The summed E-state index contributed by atoms with van der Waals surface area (Å²) in [7, 11) is 2.06. The predicted octanol–water partition coefficient (Wildman–Crippen LogP) is 3.78. The summed E-state index contributed by atoms with van der Waals surface area (Å²) in [6, 6.07) is 5.57. The average molecular weight is 416 g/mol. The molecule has 0 fully saturated rings.